The minimum Gasteiger partial charge on any atom is -0.497 e. The number of rotatable bonds is 9. The fourth-order valence-corrected chi connectivity index (χ4v) is 4.00. The number of aliphatic imine (C=N–C) groups is 1. The number of hydrogen-bond acceptors (Lipinski definition) is 7. The number of cyclic esters (lactones) is 1. The van der Waals surface area contributed by atoms with Gasteiger partial charge in [-0.2, -0.15) is 0 Å². The summed E-state index contributed by atoms with van der Waals surface area (Å²) in [6, 6.07) is 32.4. The average Bonchev–Trinajstić information content (AvgIpc) is 3.30. The largest absolute Gasteiger partial charge is 0.497 e. The van der Waals surface area contributed by atoms with Gasteiger partial charge < -0.3 is 18.9 Å². The van der Waals surface area contributed by atoms with Crippen molar-refractivity contribution in [2.24, 2.45) is 4.99 Å². The van der Waals surface area contributed by atoms with Gasteiger partial charge in [-0.15, -0.1) is 0 Å². The number of hydrogen-bond donors (Lipinski definition) is 0. The number of para-hydroxylation sites is 1. The van der Waals surface area contributed by atoms with Crippen molar-refractivity contribution < 1.29 is 28.5 Å². The predicted octanol–water partition coefficient (Wildman–Crippen LogP) is 5.16. The van der Waals surface area contributed by atoms with Crippen LogP contribution in [0.4, 0.5) is 0 Å². The molecule has 0 N–H and O–H groups in total. The van der Waals surface area contributed by atoms with Crippen LogP contribution in [0.5, 0.6) is 17.2 Å². The molecule has 1 aliphatic rings. The predicted molar refractivity (Wildman–Crippen MR) is 141 cm³/mol. The molecule has 0 aliphatic carbocycles. The van der Waals surface area contributed by atoms with Crippen LogP contribution < -0.4 is 14.2 Å². The molecule has 1 heterocycles. The number of carbonyl (C=O) groups excluding carboxylic acids is 2. The molecule has 4 aromatic rings. The van der Waals surface area contributed by atoms with Crippen LogP contribution in [0.25, 0.3) is 0 Å². The highest BCUT2D eigenvalue weighted by molar-refractivity contribution is 6.17. The number of carbonyl (C=O) groups is 2. The van der Waals surface area contributed by atoms with Crippen LogP contribution in [0.2, 0.25) is 0 Å². The molecule has 0 saturated heterocycles. The summed E-state index contributed by atoms with van der Waals surface area (Å²) in [5.41, 5.74) is 0.377. The number of methoxy groups -OCH3 is 1. The summed E-state index contributed by atoms with van der Waals surface area (Å²) in [6.07, 6.45) is -0.0455. The highest BCUT2D eigenvalue weighted by Crippen LogP contribution is 2.31. The highest BCUT2D eigenvalue weighted by atomic mass is 16.6. The van der Waals surface area contributed by atoms with E-state index in [1.165, 1.54) is 0 Å². The van der Waals surface area contributed by atoms with Crippen molar-refractivity contribution in [3.8, 4) is 17.2 Å². The maximum atomic E-state index is 13.5. The van der Waals surface area contributed by atoms with Gasteiger partial charge in [-0.05, 0) is 59.7 Å². The second-order valence-corrected chi connectivity index (χ2v) is 8.69. The zero-order chi connectivity index (χ0) is 26.4. The highest BCUT2D eigenvalue weighted by Gasteiger charge is 2.54. The summed E-state index contributed by atoms with van der Waals surface area (Å²) < 4.78 is 22.2. The smallest absolute Gasteiger partial charge is 0.353 e. The Balaban J connectivity index is 1.41. The van der Waals surface area contributed by atoms with Gasteiger partial charge in [-0.3, -0.25) is 0 Å². The lowest BCUT2D eigenvalue weighted by Gasteiger charge is -2.20. The molecular formula is C31H25NO6. The maximum Gasteiger partial charge on any atom is 0.353 e. The topological polar surface area (TPSA) is 83.4 Å². The van der Waals surface area contributed by atoms with E-state index in [9.17, 15) is 9.59 Å². The molecule has 7 heteroatoms. The van der Waals surface area contributed by atoms with Gasteiger partial charge in [-0.1, -0.05) is 60.7 Å². The second-order valence-electron chi connectivity index (χ2n) is 8.69. The van der Waals surface area contributed by atoms with Gasteiger partial charge in [0, 0.05) is 12.0 Å². The van der Waals surface area contributed by atoms with Gasteiger partial charge in [0.25, 0.3) is 5.54 Å². The van der Waals surface area contributed by atoms with Crippen molar-refractivity contribution in [1.82, 2.24) is 0 Å². The molecule has 0 spiro atoms. The Hall–Kier alpha value is -4.91. The van der Waals surface area contributed by atoms with Crippen LogP contribution in [-0.2, 0) is 27.4 Å². The molecule has 4 aromatic carbocycles. The summed E-state index contributed by atoms with van der Waals surface area (Å²) in [4.78, 5) is 31.3. The van der Waals surface area contributed by atoms with Crippen molar-refractivity contribution >= 4 is 17.8 Å². The Morgan fingerprint density at radius 2 is 1.39 bits per heavy atom. The van der Waals surface area contributed by atoms with E-state index in [0.717, 1.165) is 5.56 Å². The molecule has 0 saturated carbocycles. The van der Waals surface area contributed by atoms with Crippen LogP contribution in [-0.4, -0.2) is 30.5 Å². The standard InChI is InChI=1S/C31H25NO6/c1-35-25-18-14-24(15-19-25)28-32-31(30(34)38-28,29(33)37-27-10-6-3-7-11-27)20-22-12-16-26(17-13-22)36-21-23-8-4-2-5-9-23/h2-19H,20-21H2,1H3/t31-/m1/s1. The first kappa shape index (κ1) is 24.8. The molecule has 5 rings (SSSR count). The molecule has 1 atom stereocenters. The van der Waals surface area contributed by atoms with Crippen LogP contribution in [0, 0.1) is 0 Å². The molecule has 190 valence electrons. The fraction of sp³-hybridized carbons (Fsp3) is 0.129. The Bertz CT molecular complexity index is 1430. The number of ether oxygens (including phenoxy) is 4. The minimum atomic E-state index is -1.91. The first-order valence-electron chi connectivity index (χ1n) is 12.1. The lowest BCUT2D eigenvalue weighted by Crippen LogP contribution is -2.47. The number of nitrogens with zero attached hydrogens (tertiary/aromatic N) is 1. The molecule has 7 nitrogen and oxygen atoms in total. The maximum absolute atomic E-state index is 13.5. The van der Waals surface area contributed by atoms with E-state index in [1.54, 1.807) is 86.0 Å². The average molecular weight is 508 g/mol. The van der Waals surface area contributed by atoms with E-state index >= 15 is 0 Å². The Morgan fingerprint density at radius 3 is 2.05 bits per heavy atom. The van der Waals surface area contributed by atoms with Crippen molar-refractivity contribution in [3.63, 3.8) is 0 Å². The van der Waals surface area contributed by atoms with Crippen LogP contribution in [0.1, 0.15) is 16.7 Å². The van der Waals surface area contributed by atoms with E-state index in [1.807, 2.05) is 30.3 Å². The normalized spacial score (nSPS) is 16.3. The Morgan fingerprint density at radius 1 is 0.763 bits per heavy atom. The van der Waals surface area contributed by atoms with E-state index in [2.05, 4.69) is 4.99 Å². The summed E-state index contributed by atoms with van der Waals surface area (Å²) in [6.45, 7) is 0.426. The fourth-order valence-electron chi connectivity index (χ4n) is 4.00. The zero-order valence-electron chi connectivity index (χ0n) is 20.7. The van der Waals surface area contributed by atoms with Crippen molar-refractivity contribution in [2.75, 3.05) is 7.11 Å². The molecular weight excluding hydrogens is 482 g/mol. The lowest BCUT2D eigenvalue weighted by atomic mass is 9.91. The first-order chi connectivity index (χ1) is 18.6. The summed E-state index contributed by atoms with van der Waals surface area (Å²) in [7, 11) is 1.56. The Kier molecular flexibility index (Phi) is 7.17. The van der Waals surface area contributed by atoms with E-state index < -0.39 is 17.5 Å². The number of esters is 2. The van der Waals surface area contributed by atoms with E-state index in [0.29, 0.717) is 35.0 Å². The summed E-state index contributed by atoms with van der Waals surface area (Å²) in [5, 5.41) is 0. The third-order valence-corrected chi connectivity index (χ3v) is 6.08. The van der Waals surface area contributed by atoms with Crippen LogP contribution >= 0.6 is 0 Å². The molecule has 38 heavy (non-hydrogen) atoms. The van der Waals surface area contributed by atoms with E-state index in [4.69, 9.17) is 18.9 Å². The Labute approximate surface area is 220 Å². The molecule has 0 amide bonds. The molecule has 1 aliphatic heterocycles. The monoisotopic (exact) mass is 507 g/mol. The third kappa shape index (κ3) is 5.42. The molecule has 0 radical (unpaired) electrons. The van der Waals surface area contributed by atoms with Crippen LogP contribution in [0.3, 0.4) is 0 Å². The van der Waals surface area contributed by atoms with Gasteiger partial charge in [0.1, 0.15) is 23.9 Å². The minimum absolute atomic E-state index is 0.0455. The van der Waals surface area contributed by atoms with Gasteiger partial charge in [0.2, 0.25) is 5.90 Å². The van der Waals surface area contributed by atoms with Crippen molar-refractivity contribution in [1.29, 1.82) is 0 Å². The van der Waals surface area contributed by atoms with Gasteiger partial charge >= 0.3 is 11.9 Å². The van der Waals surface area contributed by atoms with Gasteiger partial charge in [0.15, 0.2) is 0 Å². The summed E-state index contributed by atoms with van der Waals surface area (Å²) in [5.74, 6) is 0.0427. The van der Waals surface area contributed by atoms with Crippen molar-refractivity contribution in [2.45, 2.75) is 18.6 Å². The number of benzene rings is 4. The first-order valence-corrected chi connectivity index (χ1v) is 12.1. The summed E-state index contributed by atoms with van der Waals surface area (Å²) >= 11 is 0. The zero-order valence-corrected chi connectivity index (χ0v) is 20.7. The van der Waals surface area contributed by atoms with Crippen LogP contribution in [0.15, 0.2) is 114 Å². The SMILES string of the molecule is COc1ccc(C2=N[C@](Cc3ccc(OCc4ccccc4)cc3)(C(=O)Oc3ccccc3)C(=O)O2)cc1. The quantitative estimate of drug-likeness (QED) is 0.177. The van der Waals surface area contributed by atoms with Crippen molar-refractivity contribution in [3.05, 3.63) is 126 Å². The van der Waals surface area contributed by atoms with E-state index in [-0.39, 0.29) is 12.3 Å². The molecule has 0 aromatic heterocycles. The van der Waals surface area contributed by atoms with Gasteiger partial charge in [0.05, 0.1) is 7.11 Å². The van der Waals surface area contributed by atoms with Gasteiger partial charge in [-0.25, -0.2) is 14.6 Å². The third-order valence-electron chi connectivity index (χ3n) is 6.08. The molecule has 0 bridgehead atoms. The second kappa shape index (κ2) is 11.0. The molecule has 0 fully saturated rings. The lowest BCUT2D eigenvalue weighted by molar-refractivity contribution is -0.151. The molecule has 0 unspecified atom stereocenters.